The Hall–Kier alpha value is -1.61. The van der Waals surface area contributed by atoms with E-state index in [1.807, 2.05) is 30.3 Å². The zero-order valence-electron chi connectivity index (χ0n) is 12.0. The fourth-order valence-corrected chi connectivity index (χ4v) is 3.13. The lowest BCUT2D eigenvalue weighted by atomic mass is 10.0. The van der Waals surface area contributed by atoms with Crippen molar-refractivity contribution in [3.05, 3.63) is 53.1 Å². The van der Waals surface area contributed by atoms with E-state index in [4.69, 9.17) is 0 Å². The number of rotatable bonds is 4. The maximum Gasteiger partial charge on any atom is 0.106 e. The third-order valence-electron chi connectivity index (χ3n) is 4.23. The fourth-order valence-electron chi connectivity index (χ4n) is 3.13. The molecule has 0 amide bonds. The van der Waals surface area contributed by atoms with E-state index in [9.17, 15) is 5.11 Å². The Labute approximate surface area is 120 Å². The van der Waals surface area contributed by atoms with Gasteiger partial charge in [-0.3, -0.25) is 0 Å². The van der Waals surface area contributed by atoms with Crippen molar-refractivity contribution in [3.8, 4) is 0 Å². The van der Waals surface area contributed by atoms with Crippen LogP contribution >= 0.6 is 0 Å². The molecule has 0 bridgehead atoms. The number of hydrogen-bond acceptors (Lipinski definition) is 2. The van der Waals surface area contributed by atoms with Gasteiger partial charge in [-0.2, -0.15) is 0 Å². The van der Waals surface area contributed by atoms with E-state index in [1.165, 1.54) is 24.2 Å². The van der Waals surface area contributed by atoms with Crippen LogP contribution in [0, 0.1) is 6.92 Å². The van der Waals surface area contributed by atoms with Crippen molar-refractivity contribution in [1.29, 1.82) is 0 Å². The molecule has 3 nitrogen and oxygen atoms in total. The Morgan fingerprint density at radius 2 is 1.95 bits per heavy atom. The average molecular weight is 270 g/mol. The molecule has 1 aromatic carbocycles. The van der Waals surface area contributed by atoms with Gasteiger partial charge in [0, 0.05) is 12.2 Å². The first-order valence-corrected chi connectivity index (χ1v) is 7.53. The second-order valence-electron chi connectivity index (χ2n) is 5.63. The lowest BCUT2D eigenvalue weighted by Gasteiger charge is -2.17. The molecule has 1 aromatic heterocycles. The highest BCUT2D eigenvalue weighted by atomic mass is 16.3. The van der Waals surface area contributed by atoms with Crippen LogP contribution in [0.3, 0.4) is 0 Å². The maximum atomic E-state index is 10.3. The molecular weight excluding hydrogens is 248 g/mol. The van der Waals surface area contributed by atoms with Crippen LogP contribution in [0.4, 0.5) is 0 Å². The summed E-state index contributed by atoms with van der Waals surface area (Å²) in [4.78, 5) is 4.68. The summed E-state index contributed by atoms with van der Waals surface area (Å²) < 4.78 is 2.31. The molecular formula is C17H22N2O. The zero-order valence-corrected chi connectivity index (χ0v) is 12.0. The number of hydrogen-bond donors (Lipinski definition) is 1. The van der Waals surface area contributed by atoms with Crippen LogP contribution in [0.15, 0.2) is 30.3 Å². The Bertz CT molecular complexity index is 574. The van der Waals surface area contributed by atoms with Gasteiger partial charge in [-0.15, -0.1) is 0 Å². The van der Waals surface area contributed by atoms with Gasteiger partial charge >= 0.3 is 0 Å². The molecule has 1 aliphatic rings. The largest absolute Gasteiger partial charge is 0.388 e. The van der Waals surface area contributed by atoms with Crippen molar-refractivity contribution < 1.29 is 5.11 Å². The fraction of sp³-hybridized carbons (Fsp3) is 0.471. The van der Waals surface area contributed by atoms with Crippen molar-refractivity contribution in [2.75, 3.05) is 0 Å². The molecule has 106 valence electrons. The molecule has 1 atom stereocenters. The molecule has 1 unspecified atom stereocenters. The summed E-state index contributed by atoms with van der Waals surface area (Å²) in [6.07, 6.45) is 5.13. The van der Waals surface area contributed by atoms with E-state index in [-0.39, 0.29) is 0 Å². The monoisotopic (exact) mass is 270 g/mol. The molecule has 0 saturated heterocycles. The van der Waals surface area contributed by atoms with Gasteiger partial charge in [-0.1, -0.05) is 30.3 Å². The van der Waals surface area contributed by atoms with E-state index in [1.54, 1.807) is 0 Å². The standard InChI is InChI=1S/C17H22N2O/c1-13-18-15-9-5-6-10-16(15)19(13)12-11-17(20)14-7-3-2-4-8-14/h2-4,7-8,17,20H,5-6,9-12H2,1H3. The molecule has 1 N–H and O–H groups in total. The molecule has 0 aliphatic heterocycles. The van der Waals surface area contributed by atoms with Crippen LogP contribution in [0.2, 0.25) is 0 Å². The number of fused-ring (bicyclic) bond motifs is 1. The molecule has 0 radical (unpaired) electrons. The smallest absolute Gasteiger partial charge is 0.106 e. The number of aryl methyl sites for hydroxylation is 2. The van der Waals surface area contributed by atoms with E-state index in [0.717, 1.165) is 37.2 Å². The van der Waals surface area contributed by atoms with Crippen molar-refractivity contribution >= 4 is 0 Å². The van der Waals surface area contributed by atoms with Crippen molar-refractivity contribution in [2.24, 2.45) is 0 Å². The van der Waals surface area contributed by atoms with Gasteiger partial charge in [0.15, 0.2) is 0 Å². The number of nitrogens with zero attached hydrogens (tertiary/aromatic N) is 2. The molecule has 3 rings (SSSR count). The van der Waals surface area contributed by atoms with Gasteiger partial charge in [-0.05, 0) is 44.6 Å². The highest BCUT2D eigenvalue weighted by Gasteiger charge is 2.18. The minimum atomic E-state index is -0.391. The molecule has 0 saturated carbocycles. The van der Waals surface area contributed by atoms with E-state index >= 15 is 0 Å². The van der Waals surface area contributed by atoms with Gasteiger partial charge in [0.2, 0.25) is 0 Å². The highest BCUT2D eigenvalue weighted by Crippen LogP contribution is 2.24. The van der Waals surface area contributed by atoms with Gasteiger partial charge < -0.3 is 9.67 Å². The van der Waals surface area contributed by atoms with Crippen molar-refractivity contribution in [3.63, 3.8) is 0 Å². The van der Waals surface area contributed by atoms with E-state index in [0.29, 0.717) is 0 Å². The number of aliphatic hydroxyl groups is 1. The summed E-state index contributed by atoms with van der Waals surface area (Å²) in [5, 5.41) is 10.3. The minimum absolute atomic E-state index is 0.391. The second-order valence-corrected chi connectivity index (χ2v) is 5.63. The first-order chi connectivity index (χ1) is 9.75. The number of aromatic nitrogens is 2. The van der Waals surface area contributed by atoms with Gasteiger partial charge in [0.05, 0.1) is 11.8 Å². The lowest BCUT2D eigenvalue weighted by Crippen LogP contribution is -2.11. The number of aliphatic hydroxyl groups excluding tert-OH is 1. The van der Waals surface area contributed by atoms with Crippen LogP contribution in [0.5, 0.6) is 0 Å². The van der Waals surface area contributed by atoms with Gasteiger partial charge in [0.1, 0.15) is 5.82 Å². The molecule has 3 heteroatoms. The summed E-state index contributed by atoms with van der Waals surface area (Å²) in [6, 6.07) is 9.90. The third kappa shape index (κ3) is 2.63. The van der Waals surface area contributed by atoms with Crippen molar-refractivity contribution in [1.82, 2.24) is 9.55 Å². The summed E-state index contributed by atoms with van der Waals surface area (Å²) >= 11 is 0. The maximum absolute atomic E-state index is 10.3. The summed E-state index contributed by atoms with van der Waals surface area (Å²) in [5.74, 6) is 1.09. The quantitative estimate of drug-likeness (QED) is 0.926. The Kier molecular flexibility index (Phi) is 3.88. The predicted molar refractivity (Wildman–Crippen MR) is 79.6 cm³/mol. The predicted octanol–water partition coefficient (Wildman–Crippen LogP) is 3.19. The number of benzene rings is 1. The molecule has 1 heterocycles. The first-order valence-electron chi connectivity index (χ1n) is 7.53. The van der Waals surface area contributed by atoms with E-state index < -0.39 is 6.10 Å². The zero-order chi connectivity index (χ0) is 13.9. The van der Waals surface area contributed by atoms with Crippen LogP contribution in [0.25, 0.3) is 0 Å². The summed E-state index contributed by atoms with van der Waals surface area (Å²) in [7, 11) is 0. The SMILES string of the molecule is Cc1nc2c(n1CCC(O)c1ccccc1)CCCC2. The molecule has 1 aliphatic carbocycles. The minimum Gasteiger partial charge on any atom is -0.388 e. The number of imidazole rings is 1. The van der Waals surface area contributed by atoms with Crippen LogP contribution in [-0.4, -0.2) is 14.7 Å². The molecule has 2 aromatic rings. The topological polar surface area (TPSA) is 38.0 Å². The summed E-state index contributed by atoms with van der Waals surface area (Å²) in [5.41, 5.74) is 3.68. The van der Waals surface area contributed by atoms with Gasteiger partial charge in [-0.25, -0.2) is 4.98 Å². The average Bonchev–Trinajstić information content (AvgIpc) is 2.81. The molecule has 20 heavy (non-hydrogen) atoms. The van der Waals surface area contributed by atoms with Crippen molar-refractivity contribution in [2.45, 2.75) is 51.7 Å². The molecule has 0 fully saturated rings. The van der Waals surface area contributed by atoms with Crippen LogP contribution < -0.4 is 0 Å². The first kappa shape index (κ1) is 13.4. The summed E-state index contributed by atoms with van der Waals surface area (Å²) in [6.45, 7) is 2.93. The Morgan fingerprint density at radius 3 is 2.75 bits per heavy atom. The second kappa shape index (κ2) is 5.80. The van der Waals surface area contributed by atoms with Crippen LogP contribution in [0.1, 0.15) is 48.1 Å². The lowest BCUT2D eigenvalue weighted by molar-refractivity contribution is 0.160. The Morgan fingerprint density at radius 1 is 1.20 bits per heavy atom. The third-order valence-corrected chi connectivity index (χ3v) is 4.23. The van der Waals surface area contributed by atoms with E-state index in [2.05, 4.69) is 16.5 Å². The molecule has 0 spiro atoms. The highest BCUT2D eigenvalue weighted by molar-refractivity contribution is 5.20. The van der Waals surface area contributed by atoms with Gasteiger partial charge in [0.25, 0.3) is 0 Å². The van der Waals surface area contributed by atoms with Crippen LogP contribution in [-0.2, 0) is 19.4 Å². The Balaban J connectivity index is 1.71. The normalized spacial score (nSPS) is 15.9.